The molecule has 1 heterocycles. The second-order valence-corrected chi connectivity index (χ2v) is 6.03. The third-order valence-electron chi connectivity index (χ3n) is 2.89. The molecule has 0 bridgehead atoms. The van der Waals surface area contributed by atoms with Crippen molar-refractivity contribution in [2.45, 2.75) is 45.7 Å². The number of amides is 1. The second-order valence-electron chi connectivity index (χ2n) is 6.03. The fourth-order valence-corrected chi connectivity index (χ4v) is 2.01. The fraction of sp³-hybridized carbons (Fsp3) is 0.467. The number of aryl methyl sites for hydroxylation is 2. The molecule has 0 spiro atoms. The third-order valence-corrected chi connectivity index (χ3v) is 2.89. The third kappa shape index (κ3) is 4.98. The Morgan fingerprint density at radius 1 is 1.24 bits per heavy atom. The van der Waals surface area contributed by atoms with Gasteiger partial charge in [0, 0.05) is 12.1 Å². The van der Waals surface area contributed by atoms with Crippen LogP contribution < -0.4 is 5.32 Å². The number of carbonyl (C=O) groups excluding carboxylic acids is 1. The van der Waals surface area contributed by atoms with E-state index in [9.17, 15) is 4.79 Å². The Labute approximate surface area is 124 Å². The first-order valence-electron chi connectivity index (χ1n) is 7.04. The van der Waals surface area contributed by atoms with Crippen molar-refractivity contribution < 1.29 is 4.79 Å². The molecule has 0 atom stereocenters. The minimum atomic E-state index is -0.251. The van der Waals surface area contributed by atoms with Gasteiger partial charge in [0.25, 0.3) is 0 Å². The van der Waals surface area contributed by atoms with Crippen molar-refractivity contribution >= 4 is 5.91 Å². The second kappa shape index (κ2) is 6.47. The normalized spacial score (nSPS) is 11.4. The van der Waals surface area contributed by atoms with Crippen LogP contribution in [0.5, 0.6) is 0 Å². The van der Waals surface area contributed by atoms with E-state index in [4.69, 9.17) is 0 Å². The molecule has 2 aromatic rings. The fourth-order valence-electron chi connectivity index (χ4n) is 2.01. The molecule has 0 saturated heterocycles. The van der Waals surface area contributed by atoms with E-state index in [1.165, 1.54) is 5.56 Å². The van der Waals surface area contributed by atoms with Gasteiger partial charge in [0.2, 0.25) is 5.91 Å². The zero-order valence-corrected chi connectivity index (χ0v) is 12.7. The van der Waals surface area contributed by atoms with Crippen LogP contribution in [0.15, 0.2) is 30.3 Å². The van der Waals surface area contributed by atoms with E-state index in [1.54, 1.807) is 4.68 Å². The molecule has 0 aliphatic carbocycles. The molecule has 0 radical (unpaired) electrons. The van der Waals surface area contributed by atoms with E-state index in [1.807, 2.05) is 39.0 Å². The van der Waals surface area contributed by atoms with Crippen LogP contribution in [0.1, 0.15) is 32.2 Å². The topological polar surface area (TPSA) is 72.7 Å². The Kier molecular flexibility index (Phi) is 4.67. The maximum atomic E-state index is 11.9. The van der Waals surface area contributed by atoms with Crippen molar-refractivity contribution in [1.82, 2.24) is 25.5 Å². The maximum absolute atomic E-state index is 11.9. The van der Waals surface area contributed by atoms with Crippen LogP contribution in [0.3, 0.4) is 0 Å². The number of benzene rings is 1. The van der Waals surface area contributed by atoms with Crippen molar-refractivity contribution in [2.24, 2.45) is 0 Å². The molecule has 6 nitrogen and oxygen atoms in total. The van der Waals surface area contributed by atoms with Gasteiger partial charge in [-0.1, -0.05) is 30.3 Å². The molecule has 1 aromatic heterocycles. The first kappa shape index (κ1) is 15.2. The molecular formula is C15H21N5O. The summed E-state index contributed by atoms with van der Waals surface area (Å²) >= 11 is 0. The largest absolute Gasteiger partial charge is 0.351 e. The molecule has 0 fully saturated rings. The summed E-state index contributed by atoms with van der Waals surface area (Å²) in [7, 11) is 0. The molecule has 1 aromatic carbocycles. The van der Waals surface area contributed by atoms with Gasteiger partial charge < -0.3 is 5.32 Å². The summed E-state index contributed by atoms with van der Waals surface area (Å²) in [5.74, 6) is 0.519. The molecular weight excluding hydrogens is 266 g/mol. The number of nitrogens with zero attached hydrogens (tertiary/aromatic N) is 4. The van der Waals surface area contributed by atoms with Gasteiger partial charge in [-0.2, -0.15) is 0 Å². The van der Waals surface area contributed by atoms with Crippen LogP contribution in [0, 0.1) is 0 Å². The van der Waals surface area contributed by atoms with Gasteiger partial charge in [-0.05, 0) is 43.2 Å². The zero-order chi connectivity index (χ0) is 15.3. The summed E-state index contributed by atoms with van der Waals surface area (Å²) in [6, 6.07) is 10.1. The summed E-state index contributed by atoms with van der Waals surface area (Å²) in [6.45, 7) is 6.50. The van der Waals surface area contributed by atoms with E-state index in [0.717, 1.165) is 6.42 Å². The smallest absolute Gasteiger partial charge is 0.228 e. The van der Waals surface area contributed by atoms with Crippen molar-refractivity contribution in [3.8, 4) is 0 Å². The Balaban J connectivity index is 1.94. The molecule has 2 rings (SSSR count). The van der Waals surface area contributed by atoms with Crippen LogP contribution >= 0.6 is 0 Å². The van der Waals surface area contributed by atoms with Gasteiger partial charge in [0.15, 0.2) is 5.82 Å². The van der Waals surface area contributed by atoms with Crippen molar-refractivity contribution in [3.05, 3.63) is 41.7 Å². The molecule has 0 unspecified atom stereocenters. The number of hydrogen-bond acceptors (Lipinski definition) is 4. The molecule has 0 saturated carbocycles. The Hall–Kier alpha value is -2.24. The summed E-state index contributed by atoms with van der Waals surface area (Å²) in [5, 5.41) is 14.5. The van der Waals surface area contributed by atoms with Gasteiger partial charge in [0.1, 0.15) is 0 Å². The van der Waals surface area contributed by atoms with Crippen LogP contribution in [-0.4, -0.2) is 31.7 Å². The molecule has 1 amide bonds. The Morgan fingerprint density at radius 2 is 1.95 bits per heavy atom. The number of aromatic nitrogens is 4. The minimum absolute atomic E-state index is 0.0711. The van der Waals surface area contributed by atoms with Crippen LogP contribution in [-0.2, 0) is 24.2 Å². The summed E-state index contributed by atoms with van der Waals surface area (Å²) in [6.07, 6.45) is 1.03. The predicted molar refractivity (Wildman–Crippen MR) is 79.6 cm³/mol. The summed E-state index contributed by atoms with van der Waals surface area (Å²) < 4.78 is 1.69. The highest BCUT2D eigenvalue weighted by Crippen LogP contribution is 2.04. The molecule has 0 aliphatic heterocycles. The highest BCUT2D eigenvalue weighted by molar-refractivity contribution is 5.78. The predicted octanol–water partition coefficient (Wildman–Crippen LogP) is 1.37. The lowest BCUT2D eigenvalue weighted by Crippen LogP contribution is -2.41. The number of carbonyl (C=O) groups is 1. The summed E-state index contributed by atoms with van der Waals surface area (Å²) in [5.41, 5.74) is 0.970. The van der Waals surface area contributed by atoms with Gasteiger partial charge in [-0.3, -0.25) is 4.79 Å². The molecule has 0 aliphatic rings. The highest BCUT2D eigenvalue weighted by Gasteiger charge is 2.17. The van der Waals surface area contributed by atoms with Crippen LogP contribution in [0.2, 0.25) is 0 Å². The lowest BCUT2D eigenvalue weighted by atomic mass is 10.1. The molecule has 1 N–H and O–H groups in total. The molecule has 21 heavy (non-hydrogen) atoms. The number of rotatable bonds is 5. The van der Waals surface area contributed by atoms with E-state index >= 15 is 0 Å². The van der Waals surface area contributed by atoms with Gasteiger partial charge >= 0.3 is 0 Å². The van der Waals surface area contributed by atoms with Crippen LogP contribution in [0.4, 0.5) is 0 Å². The standard InChI is InChI=1S/C15H21N5O/c1-15(2,3)16-14(21)11-13-17-18-19-20(13)10-9-12-7-5-4-6-8-12/h4-8H,9-11H2,1-3H3,(H,16,21). The monoisotopic (exact) mass is 287 g/mol. The van der Waals surface area contributed by atoms with Gasteiger partial charge in [-0.25, -0.2) is 4.68 Å². The minimum Gasteiger partial charge on any atom is -0.351 e. The molecule has 6 heteroatoms. The van der Waals surface area contributed by atoms with Gasteiger partial charge in [0.05, 0.1) is 6.42 Å². The Morgan fingerprint density at radius 3 is 2.62 bits per heavy atom. The van der Waals surface area contributed by atoms with E-state index < -0.39 is 0 Å². The molecule has 112 valence electrons. The maximum Gasteiger partial charge on any atom is 0.228 e. The first-order chi connectivity index (χ1) is 9.94. The summed E-state index contributed by atoms with van der Waals surface area (Å²) in [4.78, 5) is 11.9. The van der Waals surface area contributed by atoms with Crippen molar-refractivity contribution in [3.63, 3.8) is 0 Å². The lowest BCUT2D eigenvalue weighted by Gasteiger charge is -2.20. The van der Waals surface area contributed by atoms with Crippen LogP contribution in [0.25, 0.3) is 0 Å². The SMILES string of the molecule is CC(C)(C)NC(=O)Cc1nnnn1CCc1ccccc1. The quantitative estimate of drug-likeness (QED) is 0.901. The first-order valence-corrected chi connectivity index (χ1v) is 7.04. The van der Waals surface area contributed by atoms with Crippen molar-refractivity contribution in [2.75, 3.05) is 0 Å². The van der Waals surface area contributed by atoms with Gasteiger partial charge in [-0.15, -0.1) is 5.10 Å². The average molecular weight is 287 g/mol. The van der Waals surface area contributed by atoms with E-state index in [2.05, 4.69) is 33.0 Å². The zero-order valence-electron chi connectivity index (χ0n) is 12.7. The highest BCUT2D eigenvalue weighted by atomic mass is 16.1. The number of nitrogens with one attached hydrogen (secondary N) is 1. The van der Waals surface area contributed by atoms with E-state index in [-0.39, 0.29) is 17.9 Å². The number of tetrazole rings is 1. The number of hydrogen-bond donors (Lipinski definition) is 1. The van der Waals surface area contributed by atoms with E-state index in [0.29, 0.717) is 12.4 Å². The average Bonchev–Trinajstić information content (AvgIpc) is 2.82. The lowest BCUT2D eigenvalue weighted by molar-refractivity contribution is -0.122. The Bertz CT molecular complexity index is 586. The van der Waals surface area contributed by atoms with Crippen molar-refractivity contribution in [1.29, 1.82) is 0 Å².